The van der Waals surface area contributed by atoms with E-state index in [0.717, 1.165) is 12.8 Å². The van der Waals surface area contributed by atoms with Crippen molar-refractivity contribution in [3.05, 3.63) is 23.8 Å². The second kappa shape index (κ2) is 15.9. The average molecular weight is 508 g/mol. The predicted octanol–water partition coefficient (Wildman–Crippen LogP) is 4.12. The molecular weight excluding hydrogens is 466 g/mol. The molecule has 0 amide bonds. The van der Waals surface area contributed by atoms with Crippen LogP contribution >= 0.6 is 0 Å². The molecule has 1 aromatic carbocycles. The lowest BCUT2D eigenvalue weighted by atomic mass is 10.1. The summed E-state index contributed by atoms with van der Waals surface area (Å²) in [7, 11) is 0. The van der Waals surface area contributed by atoms with E-state index in [1.54, 1.807) is 26.8 Å². The number of rotatable bonds is 15. The molecule has 0 spiro atoms. The molecule has 9 heteroatoms. The SMILES string of the molecule is CCCCC(=O)O[C@@H](C)COC(=O)[C@@H](N)Cc1ccc(OC(=O)C(C)CC)c(OC(=O)C(C)CC)c1. The van der Waals surface area contributed by atoms with E-state index in [0.29, 0.717) is 24.8 Å². The van der Waals surface area contributed by atoms with Crippen LogP contribution in [0.25, 0.3) is 0 Å². The van der Waals surface area contributed by atoms with E-state index in [1.165, 1.54) is 12.1 Å². The predicted molar refractivity (Wildman–Crippen MR) is 134 cm³/mol. The molecule has 0 heterocycles. The van der Waals surface area contributed by atoms with E-state index >= 15 is 0 Å². The van der Waals surface area contributed by atoms with Crippen LogP contribution in [0.3, 0.4) is 0 Å². The Balaban J connectivity index is 2.86. The van der Waals surface area contributed by atoms with Gasteiger partial charge in [-0.15, -0.1) is 0 Å². The van der Waals surface area contributed by atoms with Gasteiger partial charge in [-0.1, -0.05) is 47.1 Å². The van der Waals surface area contributed by atoms with Crippen LogP contribution in [-0.4, -0.2) is 42.6 Å². The molecule has 0 aliphatic rings. The first-order valence-corrected chi connectivity index (χ1v) is 12.7. The molecule has 1 aromatic rings. The molecule has 0 aliphatic heterocycles. The molecule has 0 aromatic heterocycles. The van der Waals surface area contributed by atoms with E-state index in [1.807, 2.05) is 20.8 Å². The first-order valence-electron chi connectivity index (χ1n) is 12.7. The highest BCUT2D eigenvalue weighted by molar-refractivity contribution is 5.79. The van der Waals surface area contributed by atoms with Gasteiger partial charge in [0.2, 0.25) is 0 Å². The number of ether oxygens (including phenoxy) is 4. The van der Waals surface area contributed by atoms with E-state index in [2.05, 4.69) is 0 Å². The number of esters is 4. The molecular formula is C27H41NO8. The molecule has 2 N–H and O–H groups in total. The highest BCUT2D eigenvalue weighted by atomic mass is 16.6. The van der Waals surface area contributed by atoms with Gasteiger partial charge in [-0.3, -0.25) is 19.2 Å². The number of carbonyl (C=O) groups excluding carboxylic acids is 4. The molecule has 0 saturated carbocycles. The van der Waals surface area contributed by atoms with Gasteiger partial charge in [-0.05, 0) is 50.3 Å². The Kier molecular flexibility index (Phi) is 13.8. The van der Waals surface area contributed by atoms with E-state index in [-0.39, 0.29) is 42.3 Å². The third-order valence-electron chi connectivity index (χ3n) is 5.74. The summed E-state index contributed by atoms with van der Waals surface area (Å²) in [5.74, 6) is -2.34. The quantitative estimate of drug-likeness (QED) is 0.275. The Hall–Kier alpha value is -2.94. The maximum absolute atomic E-state index is 12.4. The maximum Gasteiger partial charge on any atom is 0.323 e. The Morgan fingerprint density at radius 2 is 1.44 bits per heavy atom. The second-order valence-corrected chi connectivity index (χ2v) is 9.09. The molecule has 0 fully saturated rings. The van der Waals surface area contributed by atoms with Crippen molar-refractivity contribution in [2.45, 2.75) is 92.2 Å². The Morgan fingerprint density at radius 1 is 0.861 bits per heavy atom. The molecule has 0 aliphatic carbocycles. The summed E-state index contributed by atoms with van der Waals surface area (Å²) in [5, 5.41) is 0. The third kappa shape index (κ3) is 10.8. The highest BCUT2D eigenvalue weighted by Gasteiger charge is 2.22. The van der Waals surface area contributed by atoms with Crippen LogP contribution in [0.5, 0.6) is 11.5 Å². The minimum Gasteiger partial charge on any atom is -0.461 e. The van der Waals surface area contributed by atoms with Crippen LogP contribution in [-0.2, 0) is 35.1 Å². The minimum absolute atomic E-state index is 0.0858. The average Bonchev–Trinajstić information content (AvgIpc) is 2.85. The largest absolute Gasteiger partial charge is 0.461 e. The molecule has 36 heavy (non-hydrogen) atoms. The summed E-state index contributed by atoms with van der Waals surface area (Å²) in [6, 6.07) is 3.69. The Bertz CT molecular complexity index is 885. The molecule has 1 rings (SSSR count). The Labute approximate surface area is 214 Å². The monoisotopic (exact) mass is 507 g/mol. The van der Waals surface area contributed by atoms with Gasteiger partial charge in [0.05, 0.1) is 11.8 Å². The number of hydrogen-bond acceptors (Lipinski definition) is 9. The lowest BCUT2D eigenvalue weighted by molar-refractivity contribution is -0.158. The number of hydrogen-bond donors (Lipinski definition) is 1. The van der Waals surface area contributed by atoms with Crippen LogP contribution in [0, 0.1) is 11.8 Å². The van der Waals surface area contributed by atoms with Crippen molar-refractivity contribution in [3.8, 4) is 11.5 Å². The minimum atomic E-state index is -1.00. The van der Waals surface area contributed by atoms with Crippen molar-refractivity contribution < 1.29 is 38.1 Å². The number of unbranched alkanes of at least 4 members (excludes halogenated alkanes) is 1. The normalized spacial score (nSPS) is 14.2. The standard InChI is InChI=1S/C27H41NO8/c1-7-10-11-24(29)34-19(6)16-33-27(32)21(28)14-20-12-13-22(35-25(30)17(4)8-2)23(15-20)36-26(31)18(5)9-3/h12-13,15,17-19,21H,7-11,14,16,28H2,1-6H3/t17?,18?,19-,21-/m0/s1. The van der Waals surface area contributed by atoms with E-state index < -0.39 is 30.1 Å². The number of nitrogens with two attached hydrogens (primary N) is 1. The fourth-order valence-corrected chi connectivity index (χ4v) is 2.88. The van der Waals surface area contributed by atoms with Gasteiger partial charge >= 0.3 is 23.9 Å². The van der Waals surface area contributed by atoms with Crippen molar-refractivity contribution in [1.82, 2.24) is 0 Å². The van der Waals surface area contributed by atoms with Gasteiger partial charge in [0.25, 0.3) is 0 Å². The first kappa shape index (κ1) is 31.1. The van der Waals surface area contributed by atoms with Crippen LogP contribution in [0.1, 0.15) is 79.2 Å². The topological polar surface area (TPSA) is 131 Å². The molecule has 202 valence electrons. The highest BCUT2D eigenvalue weighted by Crippen LogP contribution is 2.31. The number of benzene rings is 1. The molecule has 2 unspecified atom stereocenters. The second-order valence-electron chi connectivity index (χ2n) is 9.09. The van der Waals surface area contributed by atoms with Crippen LogP contribution in [0.2, 0.25) is 0 Å². The fourth-order valence-electron chi connectivity index (χ4n) is 2.88. The van der Waals surface area contributed by atoms with Crippen molar-refractivity contribution in [2.75, 3.05) is 6.61 Å². The van der Waals surface area contributed by atoms with Gasteiger partial charge in [-0.25, -0.2) is 0 Å². The van der Waals surface area contributed by atoms with Crippen molar-refractivity contribution >= 4 is 23.9 Å². The van der Waals surface area contributed by atoms with Gasteiger partial charge in [0.1, 0.15) is 18.8 Å². The van der Waals surface area contributed by atoms with Crippen molar-refractivity contribution in [2.24, 2.45) is 17.6 Å². The maximum atomic E-state index is 12.4. The van der Waals surface area contributed by atoms with Gasteiger partial charge in [0, 0.05) is 6.42 Å². The zero-order valence-electron chi connectivity index (χ0n) is 22.3. The summed E-state index contributed by atoms with van der Waals surface area (Å²) in [6.45, 7) is 10.7. The summed E-state index contributed by atoms with van der Waals surface area (Å²) >= 11 is 0. The van der Waals surface area contributed by atoms with Gasteiger partial charge in [0.15, 0.2) is 11.5 Å². The van der Waals surface area contributed by atoms with Crippen LogP contribution < -0.4 is 15.2 Å². The fraction of sp³-hybridized carbons (Fsp3) is 0.630. The van der Waals surface area contributed by atoms with E-state index in [9.17, 15) is 19.2 Å². The van der Waals surface area contributed by atoms with Crippen molar-refractivity contribution in [3.63, 3.8) is 0 Å². The lowest BCUT2D eigenvalue weighted by Crippen LogP contribution is -2.36. The summed E-state index contributed by atoms with van der Waals surface area (Å²) in [6.07, 6.45) is 2.64. The summed E-state index contributed by atoms with van der Waals surface area (Å²) in [5.41, 5.74) is 6.62. The first-order chi connectivity index (χ1) is 17.0. The summed E-state index contributed by atoms with van der Waals surface area (Å²) in [4.78, 5) is 48.8. The smallest absolute Gasteiger partial charge is 0.323 e. The Morgan fingerprint density at radius 3 is 2.00 bits per heavy atom. The van der Waals surface area contributed by atoms with Gasteiger partial charge < -0.3 is 24.7 Å². The number of carbonyl (C=O) groups is 4. The zero-order valence-corrected chi connectivity index (χ0v) is 22.3. The summed E-state index contributed by atoms with van der Waals surface area (Å²) < 4.78 is 21.4. The van der Waals surface area contributed by atoms with E-state index in [4.69, 9.17) is 24.7 Å². The lowest BCUT2D eigenvalue weighted by Gasteiger charge is -2.17. The third-order valence-corrected chi connectivity index (χ3v) is 5.74. The molecule has 0 saturated heterocycles. The molecule has 0 radical (unpaired) electrons. The van der Waals surface area contributed by atoms with Crippen LogP contribution in [0.15, 0.2) is 18.2 Å². The van der Waals surface area contributed by atoms with Gasteiger partial charge in [-0.2, -0.15) is 0 Å². The molecule has 9 nitrogen and oxygen atoms in total. The molecule has 0 bridgehead atoms. The van der Waals surface area contributed by atoms with Crippen LogP contribution in [0.4, 0.5) is 0 Å². The zero-order chi connectivity index (χ0) is 27.3. The molecule has 4 atom stereocenters. The van der Waals surface area contributed by atoms with Crippen molar-refractivity contribution in [1.29, 1.82) is 0 Å².